The molecule has 0 unspecified atom stereocenters. The molecule has 0 atom stereocenters. The molecule has 0 fully saturated rings. The fourth-order valence-electron chi connectivity index (χ4n) is 3.17. The van der Waals surface area contributed by atoms with Crippen molar-refractivity contribution < 1.29 is 14.7 Å². The van der Waals surface area contributed by atoms with Crippen LogP contribution in [0.3, 0.4) is 0 Å². The highest BCUT2D eigenvalue weighted by Gasteiger charge is 2.30. The van der Waals surface area contributed by atoms with E-state index in [0.29, 0.717) is 11.3 Å². The molecule has 0 saturated heterocycles. The lowest BCUT2D eigenvalue weighted by Gasteiger charge is -2.19. The van der Waals surface area contributed by atoms with Crippen LogP contribution in [0, 0.1) is 20.8 Å². The first kappa shape index (κ1) is 19.4. The van der Waals surface area contributed by atoms with Crippen LogP contribution in [0.25, 0.3) is 5.69 Å². The Hall–Kier alpha value is -3.35. The Morgan fingerprint density at radius 2 is 1.82 bits per heavy atom. The molecular weight excluding hydrogens is 356 g/mol. The topological polar surface area (TPSA) is 89.2 Å². The smallest absolute Gasteiger partial charge is 0.331 e. The summed E-state index contributed by atoms with van der Waals surface area (Å²) >= 11 is 0. The number of nitrogens with one attached hydrogen (secondary N) is 1. The Kier molecular flexibility index (Phi) is 4.85. The third-order valence-corrected chi connectivity index (χ3v) is 4.97. The predicted octanol–water partition coefficient (Wildman–Crippen LogP) is 3.67. The van der Waals surface area contributed by atoms with Gasteiger partial charge in [0.15, 0.2) is 5.54 Å². The van der Waals surface area contributed by atoms with Gasteiger partial charge in [-0.05, 0) is 52.3 Å². The summed E-state index contributed by atoms with van der Waals surface area (Å²) in [5.41, 5.74) is 3.75. The lowest BCUT2D eigenvalue weighted by molar-refractivity contribution is -0.146. The number of rotatable bonds is 5. The van der Waals surface area contributed by atoms with E-state index in [-0.39, 0.29) is 5.91 Å². The summed E-state index contributed by atoms with van der Waals surface area (Å²) in [5, 5.41) is 16.2. The molecule has 2 heterocycles. The number of hydrogen-bond donors (Lipinski definition) is 2. The van der Waals surface area contributed by atoms with Crippen molar-refractivity contribution in [2.75, 3.05) is 5.32 Å². The first-order chi connectivity index (χ1) is 13.1. The van der Waals surface area contributed by atoms with E-state index in [1.54, 1.807) is 13.8 Å². The van der Waals surface area contributed by atoms with Crippen molar-refractivity contribution >= 4 is 17.6 Å². The van der Waals surface area contributed by atoms with Crippen LogP contribution in [-0.2, 0) is 10.3 Å². The Morgan fingerprint density at radius 3 is 2.46 bits per heavy atom. The molecule has 2 N–H and O–H groups in total. The van der Waals surface area contributed by atoms with Gasteiger partial charge in [0.05, 0.1) is 17.4 Å². The third kappa shape index (κ3) is 3.31. The Labute approximate surface area is 163 Å². The summed E-state index contributed by atoms with van der Waals surface area (Å²) in [4.78, 5) is 24.2. The van der Waals surface area contributed by atoms with Gasteiger partial charge in [-0.15, -0.1) is 0 Å². The summed E-state index contributed by atoms with van der Waals surface area (Å²) in [6.45, 7) is 9.00. The van der Waals surface area contributed by atoms with Crippen LogP contribution < -0.4 is 5.32 Å². The van der Waals surface area contributed by atoms with Crippen LogP contribution in [-0.4, -0.2) is 31.3 Å². The second kappa shape index (κ2) is 6.99. The summed E-state index contributed by atoms with van der Waals surface area (Å²) in [6.07, 6.45) is 2.97. The summed E-state index contributed by atoms with van der Waals surface area (Å²) < 4.78 is 3.38. The zero-order valence-corrected chi connectivity index (χ0v) is 16.6. The number of carbonyl (C=O) groups is 2. The lowest BCUT2D eigenvalue weighted by atomic mass is 10.1. The number of amides is 1. The number of benzene rings is 1. The van der Waals surface area contributed by atoms with Crippen LogP contribution in [0.4, 0.5) is 5.69 Å². The molecule has 0 spiro atoms. The van der Waals surface area contributed by atoms with Gasteiger partial charge in [0, 0.05) is 23.3 Å². The predicted molar refractivity (Wildman–Crippen MR) is 107 cm³/mol. The molecule has 0 radical (unpaired) electrons. The van der Waals surface area contributed by atoms with E-state index in [2.05, 4.69) is 15.0 Å². The number of para-hydroxylation sites is 1. The van der Waals surface area contributed by atoms with Gasteiger partial charge >= 0.3 is 5.97 Å². The zero-order valence-electron chi connectivity index (χ0n) is 16.6. The zero-order chi connectivity index (χ0) is 20.6. The molecule has 1 amide bonds. The molecule has 1 aromatic carbocycles. The summed E-state index contributed by atoms with van der Waals surface area (Å²) in [5.74, 6) is -1.27. The minimum Gasteiger partial charge on any atom is -0.479 e. The number of carbonyl (C=O) groups excluding carboxylic acids is 1. The van der Waals surface area contributed by atoms with Crippen molar-refractivity contribution in [2.24, 2.45) is 0 Å². The Balaban J connectivity index is 1.89. The average Bonchev–Trinajstić information content (AvgIpc) is 3.21. The van der Waals surface area contributed by atoms with Gasteiger partial charge < -0.3 is 15.0 Å². The molecule has 0 aliphatic heterocycles. The Bertz CT molecular complexity index is 1060. The highest BCUT2D eigenvalue weighted by Crippen LogP contribution is 2.24. The number of aromatic nitrogens is 3. The van der Waals surface area contributed by atoms with Crippen molar-refractivity contribution in [3.8, 4) is 5.69 Å². The first-order valence-corrected chi connectivity index (χ1v) is 8.97. The number of nitrogens with zero attached hydrogens (tertiary/aromatic N) is 3. The maximum atomic E-state index is 12.8. The van der Waals surface area contributed by atoms with Gasteiger partial charge in [0.25, 0.3) is 5.91 Å². The monoisotopic (exact) mass is 380 g/mol. The Morgan fingerprint density at radius 1 is 1.14 bits per heavy atom. The molecule has 7 nitrogen and oxygen atoms in total. The minimum absolute atomic E-state index is 0.263. The number of anilines is 1. The van der Waals surface area contributed by atoms with Crippen LogP contribution in [0.1, 0.15) is 41.2 Å². The molecule has 0 saturated carbocycles. The third-order valence-electron chi connectivity index (χ3n) is 4.97. The quantitative estimate of drug-likeness (QED) is 0.707. The molecular formula is C21H24N4O3. The second-order valence-corrected chi connectivity index (χ2v) is 7.40. The minimum atomic E-state index is -1.20. The SMILES string of the molecule is Cc1ccccc1-n1c(C)cc(C(=O)Nc2cnn(C(C)(C)C(=O)O)c2)c1C. The molecule has 3 rings (SSSR count). The largest absolute Gasteiger partial charge is 0.479 e. The number of aliphatic carboxylic acids is 1. The van der Waals surface area contributed by atoms with Crippen LogP contribution in [0.15, 0.2) is 42.7 Å². The van der Waals surface area contributed by atoms with E-state index in [1.165, 1.54) is 17.1 Å². The highest BCUT2D eigenvalue weighted by atomic mass is 16.4. The maximum Gasteiger partial charge on any atom is 0.331 e. The molecule has 2 aromatic heterocycles. The summed E-state index contributed by atoms with van der Waals surface area (Å²) in [7, 11) is 0. The fraction of sp³-hybridized carbons (Fsp3) is 0.286. The number of hydrogen-bond acceptors (Lipinski definition) is 3. The molecule has 146 valence electrons. The van der Waals surface area contributed by atoms with E-state index >= 15 is 0 Å². The van der Waals surface area contributed by atoms with Crippen molar-refractivity contribution in [1.82, 2.24) is 14.3 Å². The molecule has 0 bridgehead atoms. The van der Waals surface area contributed by atoms with Crippen LogP contribution >= 0.6 is 0 Å². The fourth-order valence-corrected chi connectivity index (χ4v) is 3.17. The molecule has 0 aliphatic carbocycles. The van der Waals surface area contributed by atoms with Gasteiger partial charge in [0.2, 0.25) is 0 Å². The lowest BCUT2D eigenvalue weighted by Crippen LogP contribution is -2.35. The standard InChI is InChI=1S/C21H24N4O3/c1-13-8-6-7-9-18(13)25-14(2)10-17(15(25)3)19(26)23-16-11-22-24(12-16)21(4,5)20(27)28/h6-12H,1-5H3,(H,23,26)(H,27,28). The first-order valence-electron chi connectivity index (χ1n) is 8.97. The number of aryl methyl sites for hydroxylation is 2. The van der Waals surface area contributed by atoms with E-state index in [4.69, 9.17) is 0 Å². The molecule has 3 aromatic rings. The van der Waals surface area contributed by atoms with Gasteiger partial charge in [-0.1, -0.05) is 18.2 Å². The molecule has 7 heteroatoms. The highest BCUT2D eigenvalue weighted by molar-refractivity contribution is 6.05. The van der Waals surface area contributed by atoms with Crippen molar-refractivity contribution in [3.05, 3.63) is 65.2 Å². The summed E-state index contributed by atoms with van der Waals surface area (Å²) in [6, 6.07) is 9.86. The van der Waals surface area contributed by atoms with Gasteiger partial charge in [-0.25, -0.2) is 4.79 Å². The van der Waals surface area contributed by atoms with E-state index < -0.39 is 11.5 Å². The van der Waals surface area contributed by atoms with Crippen LogP contribution in [0.5, 0.6) is 0 Å². The number of carboxylic acid groups (broad SMARTS) is 1. The maximum absolute atomic E-state index is 12.8. The van der Waals surface area contributed by atoms with Crippen molar-refractivity contribution in [3.63, 3.8) is 0 Å². The van der Waals surface area contributed by atoms with E-state index in [9.17, 15) is 14.7 Å². The molecule has 0 aliphatic rings. The molecule has 28 heavy (non-hydrogen) atoms. The van der Waals surface area contributed by atoms with Gasteiger partial charge in [0.1, 0.15) is 0 Å². The van der Waals surface area contributed by atoms with Crippen LogP contribution in [0.2, 0.25) is 0 Å². The van der Waals surface area contributed by atoms with Crippen molar-refractivity contribution in [2.45, 2.75) is 40.2 Å². The van der Waals surface area contributed by atoms with Gasteiger partial charge in [-0.2, -0.15) is 5.10 Å². The second-order valence-electron chi connectivity index (χ2n) is 7.40. The van der Waals surface area contributed by atoms with Crippen molar-refractivity contribution in [1.29, 1.82) is 0 Å². The van der Waals surface area contributed by atoms with E-state index in [0.717, 1.165) is 22.6 Å². The normalized spacial score (nSPS) is 11.5. The number of carboxylic acids is 1. The van der Waals surface area contributed by atoms with Gasteiger partial charge in [-0.3, -0.25) is 9.48 Å². The average molecular weight is 380 g/mol. The van der Waals surface area contributed by atoms with E-state index in [1.807, 2.05) is 51.1 Å².